The maximum atomic E-state index is 11.5. The number of hydrogen-bond donors (Lipinski definition) is 2. The van der Waals surface area contributed by atoms with Gasteiger partial charge in [-0.2, -0.15) is 0 Å². The molecule has 1 amide bonds. The van der Waals surface area contributed by atoms with Crippen LogP contribution >= 0.6 is 0 Å². The Bertz CT molecular complexity index is 186. The van der Waals surface area contributed by atoms with Crippen LogP contribution in [0.4, 0.5) is 0 Å². The van der Waals surface area contributed by atoms with Crippen LogP contribution in [-0.4, -0.2) is 18.5 Å². The largest absolute Gasteiger partial charge is 0.352 e. The van der Waals surface area contributed by atoms with Crippen LogP contribution in [0.3, 0.4) is 0 Å². The highest BCUT2D eigenvalue weighted by Crippen LogP contribution is 2.27. The zero-order valence-corrected chi connectivity index (χ0v) is 9.25. The van der Waals surface area contributed by atoms with Crippen molar-refractivity contribution >= 4 is 5.91 Å². The third-order valence-corrected chi connectivity index (χ3v) is 3.07. The fourth-order valence-electron chi connectivity index (χ4n) is 2.08. The van der Waals surface area contributed by atoms with Crippen LogP contribution in [0.25, 0.3) is 0 Å². The van der Waals surface area contributed by atoms with Crippen LogP contribution in [0.2, 0.25) is 0 Å². The van der Waals surface area contributed by atoms with E-state index in [0.29, 0.717) is 12.5 Å². The summed E-state index contributed by atoms with van der Waals surface area (Å²) in [7, 11) is 0. The van der Waals surface area contributed by atoms with Crippen molar-refractivity contribution in [1.29, 1.82) is 0 Å². The molecular formula is C11H22N2O. The fraction of sp³-hybridized carbons (Fsp3) is 0.909. The Hall–Kier alpha value is -0.570. The number of amides is 1. The number of nitrogens with two attached hydrogens (primary N) is 1. The third kappa shape index (κ3) is 2.98. The van der Waals surface area contributed by atoms with Crippen LogP contribution in [0.15, 0.2) is 0 Å². The first-order chi connectivity index (χ1) is 6.65. The molecule has 1 saturated carbocycles. The Balaban J connectivity index is 2.41. The van der Waals surface area contributed by atoms with Crippen molar-refractivity contribution in [3.8, 4) is 0 Å². The van der Waals surface area contributed by atoms with Crippen LogP contribution in [-0.2, 0) is 4.79 Å². The Morgan fingerprint density at radius 3 is 2.43 bits per heavy atom. The molecule has 14 heavy (non-hydrogen) atoms. The molecule has 0 aromatic carbocycles. The van der Waals surface area contributed by atoms with E-state index in [9.17, 15) is 4.79 Å². The summed E-state index contributed by atoms with van der Waals surface area (Å²) in [5.74, 6) is 0.806. The van der Waals surface area contributed by atoms with Crippen molar-refractivity contribution in [3.63, 3.8) is 0 Å². The van der Waals surface area contributed by atoms with E-state index < -0.39 is 0 Å². The van der Waals surface area contributed by atoms with Gasteiger partial charge in [-0.15, -0.1) is 0 Å². The highest BCUT2D eigenvalue weighted by atomic mass is 16.1. The summed E-state index contributed by atoms with van der Waals surface area (Å²) >= 11 is 0. The first-order valence-electron chi connectivity index (χ1n) is 5.65. The number of hydrogen-bond acceptors (Lipinski definition) is 2. The van der Waals surface area contributed by atoms with E-state index in [1.807, 2.05) is 13.8 Å². The van der Waals surface area contributed by atoms with Gasteiger partial charge in [-0.1, -0.05) is 26.7 Å². The minimum atomic E-state index is 0.0606. The average Bonchev–Trinajstić information content (AvgIpc) is 2.66. The topological polar surface area (TPSA) is 55.1 Å². The minimum absolute atomic E-state index is 0.0606. The average molecular weight is 198 g/mol. The van der Waals surface area contributed by atoms with Gasteiger partial charge in [-0.05, 0) is 18.8 Å². The van der Waals surface area contributed by atoms with E-state index in [1.165, 1.54) is 25.7 Å². The van der Waals surface area contributed by atoms with Crippen LogP contribution in [0, 0.1) is 11.8 Å². The van der Waals surface area contributed by atoms with Gasteiger partial charge in [0.25, 0.3) is 0 Å². The summed E-state index contributed by atoms with van der Waals surface area (Å²) in [6, 6.07) is 0.201. The van der Waals surface area contributed by atoms with Gasteiger partial charge in [0.1, 0.15) is 0 Å². The van der Waals surface area contributed by atoms with E-state index in [2.05, 4.69) is 5.32 Å². The maximum absolute atomic E-state index is 11.5. The first kappa shape index (κ1) is 11.5. The van der Waals surface area contributed by atoms with Gasteiger partial charge in [-0.3, -0.25) is 4.79 Å². The SMILES string of the molecule is CC(C)C(=O)NC(CN)C1CCCC1. The van der Waals surface area contributed by atoms with Gasteiger partial charge in [0.05, 0.1) is 0 Å². The van der Waals surface area contributed by atoms with E-state index in [-0.39, 0.29) is 17.9 Å². The van der Waals surface area contributed by atoms with Crippen molar-refractivity contribution in [3.05, 3.63) is 0 Å². The standard InChI is InChI=1S/C11H22N2O/c1-8(2)11(14)13-10(7-12)9-5-3-4-6-9/h8-10H,3-7,12H2,1-2H3,(H,13,14). The second kappa shape index (κ2) is 5.35. The normalized spacial score (nSPS) is 20.0. The maximum Gasteiger partial charge on any atom is 0.222 e. The molecule has 0 aromatic rings. The van der Waals surface area contributed by atoms with E-state index in [4.69, 9.17) is 5.73 Å². The number of nitrogens with one attached hydrogen (secondary N) is 1. The van der Waals surface area contributed by atoms with Crippen molar-refractivity contribution < 1.29 is 4.79 Å². The lowest BCUT2D eigenvalue weighted by Crippen LogP contribution is -2.46. The van der Waals surface area contributed by atoms with Gasteiger partial charge in [0.2, 0.25) is 5.91 Å². The molecule has 0 radical (unpaired) electrons. The number of carbonyl (C=O) groups excluding carboxylic acids is 1. The lowest BCUT2D eigenvalue weighted by atomic mass is 9.97. The summed E-state index contributed by atoms with van der Waals surface area (Å²) in [4.78, 5) is 11.5. The Morgan fingerprint density at radius 1 is 1.43 bits per heavy atom. The number of carbonyl (C=O) groups is 1. The van der Waals surface area contributed by atoms with Crippen molar-refractivity contribution in [2.24, 2.45) is 17.6 Å². The second-order valence-corrected chi connectivity index (χ2v) is 4.55. The molecule has 1 fully saturated rings. The van der Waals surface area contributed by atoms with Gasteiger partial charge in [0.15, 0.2) is 0 Å². The molecule has 82 valence electrons. The molecule has 1 atom stereocenters. The Labute approximate surface area is 86.4 Å². The van der Waals surface area contributed by atoms with Gasteiger partial charge >= 0.3 is 0 Å². The lowest BCUT2D eigenvalue weighted by Gasteiger charge is -2.24. The van der Waals surface area contributed by atoms with E-state index >= 15 is 0 Å². The lowest BCUT2D eigenvalue weighted by molar-refractivity contribution is -0.125. The summed E-state index contributed by atoms with van der Waals surface area (Å²) in [5, 5.41) is 3.04. The van der Waals surface area contributed by atoms with Gasteiger partial charge in [0, 0.05) is 18.5 Å². The zero-order valence-electron chi connectivity index (χ0n) is 9.25. The van der Waals surface area contributed by atoms with Gasteiger partial charge < -0.3 is 11.1 Å². The molecule has 0 spiro atoms. The Kier molecular flexibility index (Phi) is 4.39. The highest BCUT2D eigenvalue weighted by molar-refractivity contribution is 5.78. The molecule has 0 bridgehead atoms. The van der Waals surface area contributed by atoms with Crippen molar-refractivity contribution in [2.45, 2.75) is 45.6 Å². The van der Waals surface area contributed by atoms with Crippen LogP contribution in [0.5, 0.6) is 0 Å². The van der Waals surface area contributed by atoms with E-state index in [1.54, 1.807) is 0 Å². The van der Waals surface area contributed by atoms with Crippen LogP contribution in [0.1, 0.15) is 39.5 Å². The number of rotatable bonds is 4. The molecule has 1 aliphatic carbocycles. The molecule has 0 aliphatic heterocycles. The summed E-state index contributed by atoms with van der Waals surface area (Å²) < 4.78 is 0. The highest BCUT2D eigenvalue weighted by Gasteiger charge is 2.25. The summed E-state index contributed by atoms with van der Waals surface area (Å²) in [6.07, 6.45) is 5.03. The van der Waals surface area contributed by atoms with Crippen LogP contribution < -0.4 is 11.1 Å². The predicted octanol–water partition coefficient (Wildman–Crippen LogP) is 1.28. The Morgan fingerprint density at radius 2 is 2.00 bits per heavy atom. The molecule has 1 aliphatic rings. The third-order valence-electron chi connectivity index (χ3n) is 3.07. The second-order valence-electron chi connectivity index (χ2n) is 4.55. The van der Waals surface area contributed by atoms with Crippen molar-refractivity contribution in [2.75, 3.05) is 6.54 Å². The van der Waals surface area contributed by atoms with Crippen molar-refractivity contribution in [1.82, 2.24) is 5.32 Å². The van der Waals surface area contributed by atoms with Gasteiger partial charge in [-0.25, -0.2) is 0 Å². The predicted molar refractivity (Wildman–Crippen MR) is 57.8 cm³/mol. The molecule has 1 unspecified atom stereocenters. The molecule has 3 heteroatoms. The summed E-state index contributed by atoms with van der Waals surface area (Å²) in [6.45, 7) is 4.40. The first-order valence-corrected chi connectivity index (χ1v) is 5.65. The molecule has 0 aromatic heterocycles. The monoisotopic (exact) mass is 198 g/mol. The smallest absolute Gasteiger partial charge is 0.222 e. The minimum Gasteiger partial charge on any atom is -0.352 e. The molecule has 3 N–H and O–H groups in total. The summed E-state index contributed by atoms with van der Waals surface area (Å²) in [5.41, 5.74) is 5.69. The fourth-order valence-corrected chi connectivity index (χ4v) is 2.08. The van der Waals surface area contributed by atoms with E-state index in [0.717, 1.165) is 0 Å². The molecule has 1 rings (SSSR count). The molecular weight excluding hydrogens is 176 g/mol. The quantitative estimate of drug-likeness (QED) is 0.715. The molecule has 0 saturated heterocycles. The molecule has 3 nitrogen and oxygen atoms in total. The zero-order chi connectivity index (χ0) is 10.6. The molecule has 0 heterocycles.